The number of nitrogens with one attached hydrogen (secondary N) is 1. The number of hydrogen-bond donors (Lipinski definition) is 2. The molecular formula is C17H24N2O3S. The van der Waals surface area contributed by atoms with E-state index in [4.69, 9.17) is 0 Å². The number of likely N-dealkylation sites (tertiary alicyclic amines) is 1. The van der Waals surface area contributed by atoms with Gasteiger partial charge in [-0.15, -0.1) is 11.3 Å². The summed E-state index contributed by atoms with van der Waals surface area (Å²) in [5, 5.41) is 13.0. The van der Waals surface area contributed by atoms with Crippen LogP contribution in [0.15, 0.2) is 0 Å². The third kappa shape index (κ3) is 3.75. The maximum Gasteiger partial charge on any atom is 0.339 e. The summed E-state index contributed by atoms with van der Waals surface area (Å²) in [6, 6.07) is 0. The van der Waals surface area contributed by atoms with Crippen LogP contribution in [0, 0.1) is 5.92 Å². The molecule has 1 saturated heterocycles. The van der Waals surface area contributed by atoms with Gasteiger partial charge in [-0.05, 0) is 56.7 Å². The second-order valence-electron chi connectivity index (χ2n) is 6.75. The molecule has 2 heterocycles. The third-order valence-corrected chi connectivity index (χ3v) is 5.96. The van der Waals surface area contributed by atoms with Gasteiger partial charge >= 0.3 is 5.97 Å². The summed E-state index contributed by atoms with van der Waals surface area (Å²) >= 11 is 1.45. The number of carboxylic acid groups (broad SMARTS) is 1. The molecule has 1 aliphatic carbocycles. The second kappa shape index (κ2) is 7.01. The van der Waals surface area contributed by atoms with E-state index in [1.165, 1.54) is 17.8 Å². The first-order valence-electron chi connectivity index (χ1n) is 8.44. The fourth-order valence-corrected chi connectivity index (χ4v) is 4.97. The fourth-order valence-electron chi connectivity index (χ4n) is 3.55. The molecule has 1 amide bonds. The molecule has 0 saturated carbocycles. The number of carbonyl (C=O) groups is 2. The molecule has 0 aromatic carbocycles. The van der Waals surface area contributed by atoms with Crippen molar-refractivity contribution in [2.75, 3.05) is 25.0 Å². The van der Waals surface area contributed by atoms with Gasteiger partial charge in [-0.3, -0.25) is 9.69 Å². The standard InChI is InChI=1S/C17H24N2O3S/c1-11-5-6-12-13(9-11)23-16(15(12)17(21)22)18-14(20)10-19-7-3-2-4-8-19/h11H,2-10H2,1H3,(H,18,20)(H,21,22). The quantitative estimate of drug-likeness (QED) is 0.887. The summed E-state index contributed by atoms with van der Waals surface area (Å²) < 4.78 is 0. The average molecular weight is 336 g/mol. The predicted molar refractivity (Wildman–Crippen MR) is 91.4 cm³/mol. The number of fused-ring (bicyclic) bond motifs is 1. The molecule has 0 spiro atoms. The lowest BCUT2D eigenvalue weighted by Crippen LogP contribution is -2.36. The number of carboxylic acids is 1. The Labute approximate surface area is 140 Å². The number of nitrogens with zero attached hydrogens (tertiary/aromatic N) is 1. The molecule has 0 bridgehead atoms. The average Bonchev–Trinajstić information content (AvgIpc) is 2.84. The Morgan fingerprint density at radius 2 is 2.04 bits per heavy atom. The highest BCUT2D eigenvalue weighted by atomic mass is 32.1. The molecule has 2 aliphatic rings. The first-order valence-corrected chi connectivity index (χ1v) is 9.26. The van der Waals surface area contributed by atoms with Gasteiger partial charge in [-0.2, -0.15) is 0 Å². The van der Waals surface area contributed by atoms with Gasteiger partial charge in [0.1, 0.15) is 5.00 Å². The van der Waals surface area contributed by atoms with Crippen LogP contribution in [-0.2, 0) is 17.6 Å². The summed E-state index contributed by atoms with van der Waals surface area (Å²) in [5.74, 6) is -0.439. The zero-order valence-corrected chi connectivity index (χ0v) is 14.4. The van der Waals surface area contributed by atoms with Crippen molar-refractivity contribution in [3.05, 3.63) is 16.0 Å². The molecule has 3 rings (SSSR count). The van der Waals surface area contributed by atoms with Crippen LogP contribution in [0.1, 0.15) is 53.4 Å². The number of amides is 1. The zero-order valence-electron chi connectivity index (χ0n) is 13.6. The van der Waals surface area contributed by atoms with Crippen molar-refractivity contribution in [3.63, 3.8) is 0 Å². The molecule has 0 radical (unpaired) electrons. The van der Waals surface area contributed by atoms with Gasteiger partial charge in [0.25, 0.3) is 0 Å². The van der Waals surface area contributed by atoms with Crippen LogP contribution in [0.25, 0.3) is 0 Å². The molecule has 23 heavy (non-hydrogen) atoms. The normalized spacial score (nSPS) is 21.7. The number of hydrogen-bond acceptors (Lipinski definition) is 4. The van der Waals surface area contributed by atoms with E-state index in [2.05, 4.69) is 17.1 Å². The lowest BCUT2D eigenvalue weighted by Gasteiger charge is -2.25. The van der Waals surface area contributed by atoms with E-state index in [1.807, 2.05) is 0 Å². The highest BCUT2D eigenvalue weighted by Gasteiger charge is 2.28. The smallest absolute Gasteiger partial charge is 0.339 e. The highest BCUT2D eigenvalue weighted by molar-refractivity contribution is 7.17. The van der Waals surface area contributed by atoms with Crippen LogP contribution in [-0.4, -0.2) is 41.5 Å². The molecule has 1 fully saturated rings. The van der Waals surface area contributed by atoms with Crippen molar-refractivity contribution in [2.24, 2.45) is 5.92 Å². The van der Waals surface area contributed by atoms with Crippen LogP contribution < -0.4 is 5.32 Å². The molecule has 1 unspecified atom stereocenters. The van der Waals surface area contributed by atoms with Crippen LogP contribution in [0.3, 0.4) is 0 Å². The monoisotopic (exact) mass is 336 g/mol. The van der Waals surface area contributed by atoms with Gasteiger partial charge in [-0.1, -0.05) is 13.3 Å². The summed E-state index contributed by atoms with van der Waals surface area (Å²) in [6.07, 6.45) is 6.25. The van der Waals surface area contributed by atoms with E-state index in [0.29, 0.717) is 23.0 Å². The summed E-state index contributed by atoms with van der Waals surface area (Å²) in [4.78, 5) is 27.2. The number of anilines is 1. The molecule has 1 atom stereocenters. The fraction of sp³-hybridized carbons (Fsp3) is 0.647. The molecule has 5 nitrogen and oxygen atoms in total. The van der Waals surface area contributed by atoms with Crippen molar-refractivity contribution in [1.82, 2.24) is 4.90 Å². The minimum atomic E-state index is -0.926. The number of piperidine rings is 1. The van der Waals surface area contributed by atoms with E-state index in [0.717, 1.165) is 55.6 Å². The maximum atomic E-state index is 12.3. The highest BCUT2D eigenvalue weighted by Crippen LogP contribution is 2.39. The van der Waals surface area contributed by atoms with Gasteiger partial charge in [0.05, 0.1) is 12.1 Å². The lowest BCUT2D eigenvalue weighted by molar-refractivity contribution is -0.117. The summed E-state index contributed by atoms with van der Waals surface area (Å²) in [7, 11) is 0. The number of aromatic carboxylic acids is 1. The molecule has 2 N–H and O–H groups in total. The predicted octanol–water partition coefficient (Wildman–Crippen LogP) is 3.00. The second-order valence-corrected chi connectivity index (χ2v) is 7.85. The van der Waals surface area contributed by atoms with E-state index in [-0.39, 0.29) is 5.91 Å². The minimum absolute atomic E-state index is 0.0963. The molecular weight excluding hydrogens is 312 g/mol. The Morgan fingerprint density at radius 3 is 2.74 bits per heavy atom. The first kappa shape index (κ1) is 16.5. The number of carbonyl (C=O) groups excluding carboxylic acids is 1. The van der Waals surface area contributed by atoms with Crippen LogP contribution in [0.5, 0.6) is 0 Å². The van der Waals surface area contributed by atoms with Gasteiger partial charge in [0.15, 0.2) is 0 Å². The van der Waals surface area contributed by atoms with E-state index >= 15 is 0 Å². The van der Waals surface area contributed by atoms with Gasteiger partial charge in [-0.25, -0.2) is 4.79 Å². The van der Waals surface area contributed by atoms with Crippen LogP contribution in [0.4, 0.5) is 5.00 Å². The third-order valence-electron chi connectivity index (χ3n) is 4.79. The number of thiophene rings is 1. The topological polar surface area (TPSA) is 69.6 Å². The first-order chi connectivity index (χ1) is 11.0. The van der Waals surface area contributed by atoms with Crippen molar-refractivity contribution >= 4 is 28.2 Å². The molecule has 126 valence electrons. The SMILES string of the molecule is CC1CCc2c(sc(NC(=O)CN3CCCCC3)c2C(=O)O)C1. The Balaban J connectivity index is 1.74. The van der Waals surface area contributed by atoms with E-state index in [9.17, 15) is 14.7 Å². The molecule has 6 heteroatoms. The minimum Gasteiger partial charge on any atom is -0.478 e. The Hall–Kier alpha value is -1.40. The van der Waals surface area contributed by atoms with Gasteiger partial charge in [0, 0.05) is 4.88 Å². The maximum absolute atomic E-state index is 12.3. The van der Waals surface area contributed by atoms with Gasteiger partial charge < -0.3 is 10.4 Å². The summed E-state index contributed by atoms with van der Waals surface area (Å²) in [6.45, 7) is 4.46. The van der Waals surface area contributed by atoms with Crippen molar-refractivity contribution in [2.45, 2.75) is 45.4 Å². The molecule has 1 aliphatic heterocycles. The Bertz CT molecular complexity index is 605. The number of rotatable bonds is 4. The zero-order chi connectivity index (χ0) is 16.4. The van der Waals surface area contributed by atoms with Crippen LogP contribution >= 0.6 is 11.3 Å². The van der Waals surface area contributed by atoms with Gasteiger partial charge in [0.2, 0.25) is 5.91 Å². The van der Waals surface area contributed by atoms with Crippen LogP contribution in [0.2, 0.25) is 0 Å². The van der Waals surface area contributed by atoms with Crippen molar-refractivity contribution in [3.8, 4) is 0 Å². The molecule has 1 aromatic rings. The Kier molecular flexibility index (Phi) is 5.02. The van der Waals surface area contributed by atoms with E-state index in [1.54, 1.807) is 0 Å². The largest absolute Gasteiger partial charge is 0.478 e. The van der Waals surface area contributed by atoms with E-state index < -0.39 is 5.97 Å². The Morgan fingerprint density at radius 1 is 1.30 bits per heavy atom. The summed E-state index contributed by atoms with van der Waals surface area (Å²) in [5.41, 5.74) is 1.26. The molecule has 1 aromatic heterocycles. The lowest BCUT2D eigenvalue weighted by atomic mass is 9.88. The van der Waals surface area contributed by atoms with Crippen molar-refractivity contribution in [1.29, 1.82) is 0 Å². The van der Waals surface area contributed by atoms with Crippen molar-refractivity contribution < 1.29 is 14.7 Å².